The first kappa shape index (κ1) is 25.2. The maximum atomic E-state index is 13.2. The number of nitrogens with zero attached hydrogens (tertiary/aromatic N) is 5. The second-order valence-electron chi connectivity index (χ2n) is 9.36. The van der Waals surface area contributed by atoms with Gasteiger partial charge in [-0.15, -0.1) is 0 Å². The topological polar surface area (TPSA) is 86.3 Å². The van der Waals surface area contributed by atoms with Crippen molar-refractivity contribution < 1.29 is 18.0 Å². The second kappa shape index (κ2) is 10.8. The summed E-state index contributed by atoms with van der Waals surface area (Å²) in [6, 6.07) is 5.47. The van der Waals surface area contributed by atoms with E-state index in [1.165, 1.54) is 12.1 Å². The van der Waals surface area contributed by atoms with Gasteiger partial charge in [0.1, 0.15) is 5.82 Å². The Morgan fingerprint density at radius 2 is 1.71 bits per heavy atom. The number of piperazine rings is 1. The summed E-state index contributed by atoms with van der Waals surface area (Å²) in [5, 5.41) is 6.09. The van der Waals surface area contributed by atoms with Gasteiger partial charge in [-0.05, 0) is 51.3 Å². The maximum absolute atomic E-state index is 13.2. The summed E-state index contributed by atoms with van der Waals surface area (Å²) in [5.41, 5.74) is -0.637. The third-order valence-corrected chi connectivity index (χ3v) is 6.73. The molecular weight excluding hydrogens is 459 g/mol. The van der Waals surface area contributed by atoms with Crippen LogP contribution in [-0.4, -0.2) is 65.0 Å². The van der Waals surface area contributed by atoms with Crippen molar-refractivity contribution in [3.05, 3.63) is 41.2 Å². The van der Waals surface area contributed by atoms with Gasteiger partial charge in [0.05, 0.1) is 5.56 Å². The highest BCUT2D eigenvalue weighted by atomic mass is 19.4. The minimum absolute atomic E-state index is 0.0741. The van der Waals surface area contributed by atoms with Crippen LogP contribution in [0.1, 0.15) is 42.6 Å². The molecule has 1 aliphatic heterocycles. The smallest absolute Gasteiger partial charge is 0.352 e. The molecule has 1 aliphatic carbocycles. The Morgan fingerprint density at radius 1 is 1.03 bits per heavy atom. The van der Waals surface area contributed by atoms with Crippen molar-refractivity contribution >= 4 is 17.8 Å². The van der Waals surface area contributed by atoms with E-state index in [2.05, 4.69) is 42.4 Å². The quantitative estimate of drug-likeness (QED) is 0.642. The van der Waals surface area contributed by atoms with Crippen molar-refractivity contribution in [2.45, 2.75) is 51.4 Å². The van der Waals surface area contributed by atoms with Crippen molar-refractivity contribution in [1.29, 1.82) is 0 Å². The Balaban J connectivity index is 1.28. The molecule has 2 aliphatic rings. The lowest BCUT2D eigenvalue weighted by Crippen LogP contribution is -2.45. The van der Waals surface area contributed by atoms with Crippen molar-refractivity contribution in [1.82, 2.24) is 25.2 Å². The number of nitrogens with one attached hydrogen (secondary N) is 2. The Labute approximate surface area is 203 Å². The lowest BCUT2D eigenvalue weighted by Gasteiger charge is -2.33. The fraction of sp³-hybridized carbons (Fsp3) is 0.583. The maximum Gasteiger partial charge on any atom is 0.416 e. The summed E-state index contributed by atoms with van der Waals surface area (Å²) < 4.78 is 39.5. The molecule has 1 aromatic carbocycles. The number of halogens is 3. The van der Waals surface area contributed by atoms with Crippen LogP contribution in [0.5, 0.6) is 0 Å². The summed E-state index contributed by atoms with van der Waals surface area (Å²) in [4.78, 5) is 30.6. The zero-order valence-electron chi connectivity index (χ0n) is 20.1. The highest BCUT2D eigenvalue weighted by molar-refractivity contribution is 5.78. The van der Waals surface area contributed by atoms with Crippen LogP contribution in [0, 0.1) is 12.8 Å². The zero-order chi connectivity index (χ0) is 25.0. The molecule has 0 spiro atoms. The van der Waals surface area contributed by atoms with Crippen molar-refractivity contribution in [3.63, 3.8) is 0 Å². The molecule has 8 nitrogen and oxygen atoms in total. The first-order valence-electron chi connectivity index (χ1n) is 12.0. The number of carbonyl (C=O) groups excluding carboxylic acids is 1. The number of aromatic nitrogens is 3. The van der Waals surface area contributed by atoms with Gasteiger partial charge in [-0.3, -0.25) is 4.79 Å². The van der Waals surface area contributed by atoms with Crippen LogP contribution in [0.3, 0.4) is 0 Å². The Bertz CT molecular complexity index is 1020. The molecule has 2 aromatic rings. The fourth-order valence-corrected chi connectivity index (χ4v) is 4.64. The molecule has 11 heteroatoms. The molecule has 2 N–H and O–H groups in total. The van der Waals surface area contributed by atoms with Gasteiger partial charge in [0, 0.05) is 44.7 Å². The van der Waals surface area contributed by atoms with Gasteiger partial charge in [0.2, 0.25) is 17.8 Å². The average molecular weight is 492 g/mol. The zero-order valence-corrected chi connectivity index (χ0v) is 20.1. The third-order valence-electron chi connectivity index (χ3n) is 6.73. The normalized spacial score (nSPS) is 21.6. The van der Waals surface area contributed by atoms with E-state index in [1.807, 2.05) is 6.92 Å². The third kappa shape index (κ3) is 6.59. The average Bonchev–Trinajstić information content (AvgIpc) is 2.83. The Hall–Kier alpha value is -2.95. The van der Waals surface area contributed by atoms with Crippen LogP contribution in [0.4, 0.5) is 25.1 Å². The van der Waals surface area contributed by atoms with Crippen LogP contribution in [0.25, 0.3) is 0 Å². The highest BCUT2D eigenvalue weighted by Crippen LogP contribution is 2.32. The molecule has 0 unspecified atom stereocenters. The summed E-state index contributed by atoms with van der Waals surface area (Å²) in [6.45, 7) is 5.37. The highest BCUT2D eigenvalue weighted by Gasteiger charge is 2.33. The number of hydrogen-bond donors (Lipinski definition) is 2. The molecule has 0 bridgehead atoms. The van der Waals surface area contributed by atoms with E-state index >= 15 is 0 Å². The molecule has 4 rings (SSSR count). The number of rotatable bonds is 6. The second-order valence-corrected chi connectivity index (χ2v) is 9.36. The molecule has 1 amide bonds. The SMILES string of the molecule is Cc1nc(NC2CCC(C(=O)NCc3ccccc3C(F)(F)F)CC2)nc(N2CCN(C)CC2)n1. The number of carbonyl (C=O) groups is 1. The van der Waals surface area contributed by atoms with E-state index in [1.54, 1.807) is 6.07 Å². The molecular formula is C24H32F3N7O. The minimum atomic E-state index is -4.44. The van der Waals surface area contributed by atoms with Crippen LogP contribution < -0.4 is 15.5 Å². The molecule has 190 valence electrons. The largest absolute Gasteiger partial charge is 0.416 e. The molecule has 35 heavy (non-hydrogen) atoms. The summed E-state index contributed by atoms with van der Waals surface area (Å²) in [6.07, 6.45) is -1.63. The van der Waals surface area contributed by atoms with Gasteiger partial charge in [0.15, 0.2) is 0 Å². The van der Waals surface area contributed by atoms with Gasteiger partial charge >= 0.3 is 6.18 Å². The predicted molar refractivity (Wildman–Crippen MR) is 127 cm³/mol. The van der Waals surface area contributed by atoms with Crippen LogP contribution >= 0.6 is 0 Å². The van der Waals surface area contributed by atoms with Gasteiger partial charge in [-0.25, -0.2) is 0 Å². The number of alkyl halides is 3. The molecule has 2 fully saturated rings. The predicted octanol–water partition coefficient (Wildman–Crippen LogP) is 3.24. The van der Waals surface area contributed by atoms with E-state index in [0.29, 0.717) is 30.6 Å². The van der Waals surface area contributed by atoms with Crippen LogP contribution in [0.15, 0.2) is 24.3 Å². The molecule has 1 aromatic heterocycles. The van der Waals surface area contributed by atoms with Crippen molar-refractivity contribution in [2.24, 2.45) is 5.92 Å². The van der Waals surface area contributed by atoms with E-state index in [0.717, 1.165) is 45.1 Å². The van der Waals surface area contributed by atoms with Gasteiger partial charge in [-0.1, -0.05) is 18.2 Å². The van der Waals surface area contributed by atoms with Crippen molar-refractivity contribution in [3.8, 4) is 0 Å². The summed E-state index contributed by atoms with van der Waals surface area (Å²) >= 11 is 0. The first-order chi connectivity index (χ1) is 16.7. The number of amides is 1. The number of hydrogen-bond acceptors (Lipinski definition) is 7. The molecule has 2 heterocycles. The Morgan fingerprint density at radius 3 is 2.40 bits per heavy atom. The summed E-state index contributed by atoms with van der Waals surface area (Å²) in [5.74, 6) is 1.47. The number of aryl methyl sites for hydroxylation is 1. The van der Waals surface area contributed by atoms with Crippen LogP contribution in [0.2, 0.25) is 0 Å². The van der Waals surface area contributed by atoms with Gasteiger partial charge < -0.3 is 20.4 Å². The van der Waals surface area contributed by atoms with E-state index in [9.17, 15) is 18.0 Å². The van der Waals surface area contributed by atoms with E-state index in [4.69, 9.17) is 0 Å². The van der Waals surface area contributed by atoms with Gasteiger partial charge in [0.25, 0.3) is 0 Å². The van der Waals surface area contributed by atoms with Crippen LogP contribution in [-0.2, 0) is 17.5 Å². The standard InChI is InChI=1S/C24H32F3N7O/c1-16-29-22(32-23(30-16)34-13-11-33(2)12-14-34)31-19-9-7-17(8-10-19)21(35)28-15-18-5-3-4-6-20(18)24(25,26)27/h3-6,17,19H,7-15H2,1-2H3,(H,28,35)(H,29,30,31,32). The Kier molecular flexibility index (Phi) is 7.73. The van der Waals surface area contributed by atoms with E-state index in [-0.39, 0.29) is 30.0 Å². The van der Waals surface area contributed by atoms with E-state index < -0.39 is 11.7 Å². The number of likely N-dealkylation sites (N-methyl/N-ethyl adjacent to an activating group) is 1. The molecule has 0 atom stereocenters. The lowest BCUT2D eigenvalue weighted by molar-refractivity contribution is -0.138. The fourth-order valence-electron chi connectivity index (χ4n) is 4.64. The van der Waals surface area contributed by atoms with Gasteiger partial charge in [-0.2, -0.15) is 28.1 Å². The van der Waals surface area contributed by atoms with Crippen molar-refractivity contribution in [2.75, 3.05) is 43.4 Å². The summed E-state index contributed by atoms with van der Waals surface area (Å²) in [7, 11) is 2.10. The minimum Gasteiger partial charge on any atom is -0.352 e. The molecule has 1 saturated heterocycles. The molecule has 1 saturated carbocycles. The number of anilines is 2. The monoisotopic (exact) mass is 491 g/mol. The first-order valence-corrected chi connectivity index (χ1v) is 12.0. The number of benzene rings is 1. The lowest BCUT2D eigenvalue weighted by atomic mass is 9.85. The molecule has 0 radical (unpaired) electrons.